The number of benzene rings is 3. The number of likely N-dealkylation sites (N-methyl/N-ethyl adjacent to an activating group) is 1. The molecule has 4 nitrogen and oxygen atoms in total. The van der Waals surface area contributed by atoms with Gasteiger partial charge in [0, 0.05) is 18.2 Å². The van der Waals surface area contributed by atoms with E-state index in [1.54, 1.807) is 21.3 Å². The maximum atomic E-state index is 5.83. The van der Waals surface area contributed by atoms with Gasteiger partial charge >= 0.3 is 0 Å². The minimum absolute atomic E-state index is 0.222. The molecule has 0 aliphatic carbocycles. The fourth-order valence-electron chi connectivity index (χ4n) is 4.32. The Kier molecular flexibility index (Phi) is 5.14. The van der Waals surface area contributed by atoms with Crippen LogP contribution in [0.15, 0.2) is 48.5 Å². The zero-order valence-electron chi connectivity index (χ0n) is 17.0. The lowest BCUT2D eigenvalue weighted by molar-refractivity contribution is 0.219. The highest BCUT2D eigenvalue weighted by Gasteiger charge is 2.32. The summed E-state index contributed by atoms with van der Waals surface area (Å²) in [7, 11) is 7.23. The zero-order valence-corrected chi connectivity index (χ0v) is 17.0. The Balaban J connectivity index is 1.79. The number of nitrogens with zero attached hydrogens (tertiary/aromatic N) is 1. The summed E-state index contributed by atoms with van der Waals surface area (Å²) in [6.07, 6.45) is 1.89. The maximum absolute atomic E-state index is 5.83. The lowest BCUT2D eigenvalue weighted by Crippen LogP contribution is -2.34. The molecule has 146 valence electrons. The van der Waals surface area contributed by atoms with Crippen LogP contribution in [-0.4, -0.2) is 39.8 Å². The Morgan fingerprint density at radius 2 is 1.64 bits per heavy atom. The van der Waals surface area contributed by atoms with Crippen LogP contribution in [0.2, 0.25) is 0 Å². The molecule has 1 heterocycles. The average Bonchev–Trinajstić information content (AvgIpc) is 2.74. The predicted molar refractivity (Wildman–Crippen MR) is 113 cm³/mol. The third-order valence-electron chi connectivity index (χ3n) is 5.80. The first-order chi connectivity index (χ1) is 13.7. The Labute approximate surface area is 166 Å². The van der Waals surface area contributed by atoms with Crippen LogP contribution in [-0.2, 0) is 12.8 Å². The predicted octanol–water partition coefficient (Wildman–Crippen LogP) is 4.64. The van der Waals surface area contributed by atoms with E-state index in [-0.39, 0.29) is 6.04 Å². The van der Waals surface area contributed by atoms with E-state index in [0.717, 1.165) is 30.9 Å². The first-order valence-electron chi connectivity index (χ1n) is 9.66. The van der Waals surface area contributed by atoms with Gasteiger partial charge in [0.25, 0.3) is 0 Å². The monoisotopic (exact) mass is 377 g/mol. The Bertz CT molecular complexity index is 999. The van der Waals surface area contributed by atoms with Gasteiger partial charge < -0.3 is 14.2 Å². The van der Waals surface area contributed by atoms with Crippen LogP contribution in [0.5, 0.6) is 17.2 Å². The van der Waals surface area contributed by atoms with Crippen LogP contribution in [0.1, 0.15) is 22.7 Å². The molecular weight excluding hydrogens is 350 g/mol. The molecule has 0 spiro atoms. The van der Waals surface area contributed by atoms with Gasteiger partial charge in [0.2, 0.25) is 5.75 Å². The lowest BCUT2D eigenvalue weighted by atomic mass is 9.87. The van der Waals surface area contributed by atoms with Crippen molar-refractivity contribution in [2.75, 3.05) is 34.9 Å². The summed E-state index contributed by atoms with van der Waals surface area (Å²) in [6, 6.07) is 17.6. The summed E-state index contributed by atoms with van der Waals surface area (Å²) in [5.74, 6) is 2.18. The van der Waals surface area contributed by atoms with Crippen LogP contribution in [0, 0.1) is 0 Å². The molecule has 0 radical (unpaired) electrons. The van der Waals surface area contributed by atoms with E-state index < -0.39 is 0 Å². The molecule has 1 unspecified atom stereocenters. The van der Waals surface area contributed by atoms with Gasteiger partial charge in [0.15, 0.2) is 11.5 Å². The van der Waals surface area contributed by atoms with E-state index in [0.29, 0.717) is 5.75 Å². The minimum atomic E-state index is 0.222. The smallest absolute Gasteiger partial charge is 0.203 e. The van der Waals surface area contributed by atoms with E-state index in [2.05, 4.69) is 60.5 Å². The van der Waals surface area contributed by atoms with Crippen LogP contribution in [0.25, 0.3) is 10.8 Å². The molecule has 0 bridgehead atoms. The minimum Gasteiger partial charge on any atom is -0.493 e. The Hall–Kier alpha value is -2.72. The van der Waals surface area contributed by atoms with Crippen LogP contribution in [0.3, 0.4) is 0 Å². The molecule has 0 aromatic heterocycles. The molecule has 0 fully saturated rings. The van der Waals surface area contributed by atoms with Gasteiger partial charge in [0.1, 0.15) is 0 Å². The van der Waals surface area contributed by atoms with E-state index in [1.807, 2.05) is 0 Å². The van der Waals surface area contributed by atoms with Crippen molar-refractivity contribution < 1.29 is 14.2 Å². The van der Waals surface area contributed by atoms with Crippen LogP contribution >= 0.6 is 0 Å². The largest absolute Gasteiger partial charge is 0.493 e. The first kappa shape index (κ1) is 18.6. The van der Waals surface area contributed by atoms with Crippen molar-refractivity contribution in [2.45, 2.75) is 18.9 Å². The molecule has 0 N–H and O–H groups in total. The standard InChI is InChI=1S/C24H27NO3/c1-25-12-11-19-15-21(26-2)23(27-3)24(28-4)22(19)20(25)14-16-9-10-17-7-5-6-8-18(17)13-16/h5-10,13,15,20H,11-12,14H2,1-4H3. The molecule has 0 amide bonds. The molecule has 1 aliphatic rings. The fraction of sp³-hybridized carbons (Fsp3) is 0.333. The van der Waals surface area contributed by atoms with E-state index in [1.165, 1.54) is 27.5 Å². The molecule has 28 heavy (non-hydrogen) atoms. The van der Waals surface area contributed by atoms with Crippen molar-refractivity contribution in [1.82, 2.24) is 4.90 Å². The van der Waals surface area contributed by atoms with Gasteiger partial charge in [-0.25, -0.2) is 0 Å². The second-order valence-corrected chi connectivity index (χ2v) is 7.35. The normalized spacial score (nSPS) is 16.6. The van der Waals surface area contributed by atoms with Gasteiger partial charge in [-0.15, -0.1) is 0 Å². The van der Waals surface area contributed by atoms with E-state index in [4.69, 9.17) is 14.2 Å². The number of hydrogen-bond donors (Lipinski definition) is 0. The highest BCUT2D eigenvalue weighted by Crippen LogP contribution is 2.48. The second kappa shape index (κ2) is 7.72. The van der Waals surface area contributed by atoms with Gasteiger partial charge in [-0.2, -0.15) is 0 Å². The molecule has 4 heteroatoms. The van der Waals surface area contributed by atoms with Crippen molar-refractivity contribution in [3.05, 3.63) is 65.2 Å². The van der Waals surface area contributed by atoms with Gasteiger partial charge in [-0.05, 0) is 47.9 Å². The Morgan fingerprint density at radius 1 is 0.893 bits per heavy atom. The zero-order chi connectivity index (χ0) is 19.7. The van der Waals surface area contributed by atoms with Gasteiger partial charge in [0.05, 0.1) is 21.3 Å². The SMILES string of the molecule is COc1cc2c(c(OC)c1OC)C(Cc1ccc3ccccc3c1)N(C)CC2. The number of hydrogen-bond acceptors (Lipinski definition) is 4. The number of methoxy groups -OCH3 is 3. The summed E-state index contributed by atoms with van der Waals surface area (Å²) in [6.45, 7) is 1.00. The summed E-state index contributed by atoms with van der Waals surface area (Å²) in [5.41, 5.74) is 3.81. The molecule has 1 atom stereocenters. The van der Waals surface area contributed by atoms with Crippen molar-refractivity contribution in [2.24, 2.45) is 0 Å². The topological polar surface area (TPSA) is 30.9 Å². The van der Waals surface area contributed by atoms with Gasteiger partial charge in [-0.1, -0.05) is 42.5 Å². The fourth-order valence-corrected chi connectivity index (χ4v) is 4.32. The average molecular weight is 377 g/mol. The highest BCUT2D eigenvalue weighted by molar-refractivity contribution is 5.83. The summed E-state index contributed by atoms with van der Waals surface area (Å²) in [4.78, 5) is 2.41. The Morgan fingerprint density at radius 3 is 2.36 bits per heavy atom. The number of rotatable bonds is 5. The van der Waals surface area contributed by atoms with Crippen molar-refractivity contribution in [3.63, 3.8) is 0 Å². The summed E-state index contributed by atoms with van der Waals surface area (Å²) >= 11 is 0. The van der Waals surface area contributed by atoms with E-state index in [9.17, 15) is 0 Å². The van der Waals surface area contributed by atoms with Crippen LogP contribution in [0.4, 0.5) is 0 Å². The highest BCUT2D eigenvalue weighted by atomic mass is 16.5. The molecule has 4 rings (SSSR count). The maximum Gasteiger partial charge on any atom is 0.203 e. The van der Waals surface area contributed by atoms with Crippen molar-refractivity contribution >= 4 is 10.8 Å². The second-order valence-electron chi connectivity index (χ2n) is 7.35. The molecule has 3 aromatic rings. The number of ether oxygens (including phenoxy) is 3. The third-order valence-corrected chi connectivity index (χ3v) is 5.80. The third kappa shape index (κ3) is 3.18. The first-order valence-corrected chi connectivity index (χ1v) is 9.66. The van der Waals surface area contributed by atoms with Crippen LogP contribution < -0.4 is 14.2 Å². The molecule has 3 aromatic carbocycles. The summed E-state index contributed by atoms with van der Waals surface area (Å²) in [5, 5.41) is 2.55. The van der Waals surface area contributed by atoms with Crippen molar-refractivity contribution in [1.29, 1.82) is 0 Å². The number of fused-ring (bicyclic) bond motifs is 2. The van der Waals surface area contributed by atoms with Gasteiger partial charge in [-0.3, -0.25) is 4.90 Å². The molecule has 0 saturated carbocycles. The molecule has 1 aliphatic heterocycles. The van der Waals surface area contributed by atoms with E-state index >= 15 is 0 Å². The summed E-state index contributed by atoms with van der Waals surface area (Å²) < 4.78 is 17.0. The molecular formula is C24H27NO3. The quantitative estimate of drug-likeness (QED) is 0.648. The lowest BCUT2D eigenvalue weighted by Gasteiger charge is -2.36. The molecule has 0 saturated heterocycles. The van der Waals surface area contributed by atoms with Crippen molar-refractivity contribution in [3.8, 4) is 17.2 Å².